The SMILES string of the molecule is CC.CC.CN([C-]=O)C[C@@H]1CNCCO1.[Y]. The maximum absolute atomic E-state index is 10.1. The minimum atomic E-state index is 0. The first-order chi connectivity index (χ1) is 7.33. The molecule has 0 aliphatic carbocycles. The number of amides is 1. The summed E-state index contributed by atoms with van der Waals surface area (Å²) in [6, 6.07) is 0. The van der Waals surface area contributed by atoms with Gasteiger partial charge in [0.25, 0.3) is 0 Å². The minimum absolute atomic E-state index is 0. The van der Waals surface area contributed by atoms with Gasteiger partial charge in [0.2, 0.25) is 0 Å². The molecule has 1 radical (unpaired) electrons. The van der Waals surface area contributed by atoms with Crippen LogP contribution in [0.15, 0.2) is 0 Å². The van der Waals surface area contributed by atoms with Crippen LogP contribution in [0.1, 0.15) is 27.7 Å². The fraction of sp³-hybridized carbons (Fsp3) is 0.909. The summed E-state index contributed by atoms with van der Waals surface area (Å²) in [5, 5.41) is 3.18. The molecule has 1 rings (SSSR count). The van der Waals surface area contributed by atoms with Crippen molar-refractivity contribution in [3.8, 4) is 0 Å². The maximum atomic E-state index is 10.1. The van der Waals surface area contributed by atoms with Gasteiger partial charge in [0.15, 0.2) is 0 Å². The Kier molecular flexibility index (Phi) is 24.3. The molecule has 1 fully saturated rings. The molecule has 0 aromatic heterocycles. The number of carbonyl (C=O) groups excluding carboxylic acids is 1. The topological polar surface area (TPSA) is 41.6 Å². The van der Waals surface area contributed by atoms with Crippen LogP contribution in [0, 0.1) is 0 Å². The molecule has 16 heavy (non-hydrogen) atoms. The van der Waals surface area contributed by atoms with Gasteiger partial charge in [-0.2, -0.15) is 6.41 Å². The molecule has 0 saturated carbocycles. The van der Waals surface area contributed by atoms with Crippen molar-refractivity contribution in [2.24, 2.45) is 0 Å². The number of morpholine rings is 1. The van der Waals surface area contributed by atoms with Crippen LogP contribution in [-0.2, 0) is 42.2 Å². The van der Waals surface area contributed by atoms with E-state index in [4.69, 9.17) is 4.74 Å². The van der Waals surface area contributed by atoms with E-state index in [0.717, 1.165) is 19.7 Å². The van der Waals surface area contributed by atoms with Crippen LogP contribution in [0.4, 0.5) is 0 Å². The van der Waals surface area contributed by atoms with Crippen LogP contribution >= 0.6 is 0 Å². The van der Waals surface area contributed by atoms with Gasteiger partial charge in [0.05, 0.1) is 12.7 Å². The van der Waals surface area contributed by atoms with Crippen molar-refractivity contribution in [1.29, 1.82) is 0 Å². The number of hydrogen-bond donors (Lipinski definition) is 1. The molecule has 0 aromatic carbocycles. The Bertz CT molecular complexity index is 131. The first-order valence-electron chi connectivity index (χ1n) is 5.74. The van der Waals surface area contributed by atoms with Gasteiger partial charge in [-0.05, 0) is 7.05 Å². The second-order valence-corrected chi connectivity index (χ2v) is 2.67. The van der Waals surface area contributed by atoms with Gasteiger partial charge in [0, 0.05) is 52.3 Å². The molecule has 0 aromatic rings. The average molecular weight is 306 g/mol. The summed E-state index contributed by atoms with van der Waals surface area (Å²) in [5.41, 5.74) is 0. The van der Waals surface area contributed by atoms with E-state index >= 15 is 0 Å². The Morgan fingerprint density at radius 2 is 1.94 bits per heavy atom. The monoisotopic (exact) mass is 306 g/mol. The second-order valence-electron chi connectivity index (χ2n) is 2.67. The molecule has 1 amide bonds. The normalized spacial score (nSPS) is 17.7. The summed E-state index contributed by atoms with van der Waals surface area (Å²) in [7, 11) is 1.70. The number of hydrogen-bond acceptors (Lipinski definition) is 3. The summed E-state index contributed by atoms with van der Waals surface area (Å²) in [6.07, 6.45) is 1.92. The van der Waals surface area contributed by atoms with Crippen molar-refractivity contribution < 1.29 is 42.2 Å². The standard InChI is InChI=1S/C7H13N2O2.2C2H6.Y/c1-9(6-10)5-7-4-8-2-3-11-7;2*1-2;/h7-8H,2-5H2,1H3;2*1-2H3;/q-1;;;/t7-;;;/m0.../s1. The Balaban J connectivity index is -0.000000305. The van der Waals surface area contributed by atoms with E-state index in [1.807, 2.05) is 27.7 Å². The predicted octanol–water partition coefficient (Wildman–Crippen LogP) is 1.02. The summed E-state index contributed by atoms with van der Waals surface area (Å²) in [6.45, 7) is 11.1. The van der Waals surface area contributed by atoms with E-state index < -0.39 is 0 Å². The smallest absolute Gasteiger partial charge is 0.0849 e. The number of nitrogens with zero attached hydrogens (tertiary/aromatic N) is 1. The molecule has 0 unspecified atom stereocenters. The van der Waals surface area contributed by atoms with Crippen molar-refractivity contribution in [1.82, 2.24) is 10.2 Å². The van der Waals surface area contributed by atoms with Crippen LogP contribution in [0.3, 0.4) is 0 Å². The van der Waals surface area contributed by atoms with Gasteiger partial charge in [0.1, 0.15) is 0 Å². The van der Waals surface area contributed by atoms with E-state index in [-0.39, 0.29) is 38.8 Å². The largest absolute Gasteiger partial charge is 0.520 e. The third-order valence-corrected chi connectivity index (χ3v) is 1.64. The van der Waals surface area contributed by atoms with Gasteiger partial charge >= 0.3 is 0 Å². The fourth-order valence-electron chi connectivity index (χ4n) is 1.08. The number of rotatable bonds is 3. The van der Waals surface area contributed by atoms with Crippen molar-refractivity contribution in [2.75, 3.05) is 33.3 Å². The van der Waals surface area contributed by atoms with Crippen LogP contribution in [0.25, 0.3) is 0 Å². The first-order valence-corrected chi connectivity index (χ1v) is 5.74. The van der Waals surface area contributed by atoms with Crippen LogP contribution in [0.2, 0.25) is 0 Å². The molecule has 1 aliphatic heterocycles. The third kappa shape index (κ3) is 12.6. The Morgan fingerprint density at radius 1 is 1.38 bits per heavy atom. The Hall–Kier alpha value is 0.494. The number of ether oxygens (including phenoxy) is 1. The molecule has 95 valence electrons. The van der Waals surface area contributed by atoms with Gasteiger partial charge < -0.3 is 19.7 Å². The summed E-state index contributed by atoms with van der Waals surface area (Å²) in [5.74, 6) is 0. The van der Waals surface area contributed by atoms with Crippen molar-refractivity contribution in [3.63, 3.8) is 0 Å². The van der Waals surface area contributed by atoms with Crippen molar-refractivity contribution in [2.45, 2.75) is 33.8 Å². The molecule has 1 N–H and O–H groups in total. The zero-order valence-corrected chi connectivity index (χ0v) is 14.1. The first kappa shape index (κ1) is 21.7. The zero-order valence-electron chi connectivity index (χ0n) is 11.2. The summed E-state index contributed by atoms with van der Waals surface area (Å²) >= 11 is 0. The van der Waals surface area contributed by atoms with Crippen LogP contribution < -0.4 is 5.32 Å². The number of nitrogens with one attached hydrogen (secondary N) is 1. The van der Waals surface area contributed by atoms with Crippen LogP contribution in [0.5, 0.6) is 0 Å². The molecular formula is C11H25N2O2Y-. The van der Waals surface area contributed by atoms with Crippen LogP contribution in [-0.4, -0.2) is 50.7 Å². The quantitative estimate of drug-likeness (QED) is 0.625. The molecular weight excluding hydrogens is 281 g/mol. The van der Waals surface area contributed by atoms with E-state index in [1.165, 1.54) is 4.90 Å². The van der Waals surface area contributed by atoms with Crippen molar-refractivity contribution >= 4 is 6.41 Å². The average Bonchev–Trinajstić information content (AvgIpc) is 2.35. The minimum Gasteiger partial charge on any atom is -0.520 e. The molecule has 1 heterocycles. The van der Waals surface area contributed by atoms with E-state index in [2.05, 4.69) is 5.32 Å². The van der Waals surface area contributed by atoms with E-state index in [1.54, 1.807) is 13.5 Å². The Labute approximate surface area is 125 Å². The molecule has 1 atom stereocenters. The van der Waals surface area contributed by atoms with Gasteiger partial charge in [-0.25, -0.2) is 0 Å². The van der Waals surface area contributed by atoms with Gasteiger partial charge in [-0.3, -0.25) is 0 Å². The molecule has 0 spiro atoms. The van der Waals surface area contributed by atoms with Crippen molar-refractivity contribution in [3.05, 3.63) is 0 Å². The molecule has 1 aliphatic rings. The third-order valence-electron chi connectivity index (χ3n) is 1.64. The van der Waals surface area contributed by atoms with Gasteiger partial charge in [-0.1, -0.05) is 27.7 Å². The molecule has 0 bridgehead atoms. The molecule has 1 saturated heterocycles. The molecule has 5 heteroatoms. The fourth-order valence-corrected chi connectivity index (χ4v) is 1.08. The number of likely N-dealkylation sites (N-methyl/N-ethyl adjacent to an activating group) is 1. The predicted molar refractivity (Wildman–Crippen MR) is 63.6 cm³/mol. The summed E-state index contributed by atoms with van der Waals surface area (Å²) < 4.78 is 5.37. The summed E-state index contributed by atoms with van der Waals surface area (Å²) in [4.78, 5) is 11.6. The van der Waals surface area contributed by atoms with E-state index in [0.29, 0.717) is 6.54 Å². The Morgan fingerprint density at radius 3 is 2.31 bits per heavy atom. The van der Waals surface area contributed by atoms with Gasteiger partial charge in [-0.15, -0.1) is 0 Å². The van der Waals surface area contributed by atoms with E-state index in [9.17, 15) is 4.79 Å². The maximum Gasteiger partial charge on any atom is 0.0849 e. The second kappa shape index (κ2) is 17.9. The zero-order chi connectivity index (χ0) is 12.1. The molecule has 4 nitrogen and oxygen atoms in total.